The lowest BCUT2D eigenvalue weighted by Crippen LogP contribution is -2.48. The number of benzene rings is 1. The fraction of sp³-hybridized carbons (Fsp3) is 0.273. The summed E-state index contributed by atoms with van der Waals surface area (Å²) in [7, 11) is -3.94. The topological polar surface area (TPSA) is 104 Å². The van der Waals surface area contributed by atoms with E-state index in [1.807, 2.05) is 10.3 Å². The van der Waals surface area contributed by atoms with E-state index >= 15 is 0 Å². The van der Waals surface area contributed by atoms with Crippen molar-refractivity contribution in [1.29, 1.82) is 0 Å². The first-order chi connectivity index (χ1) is 9.38. The Labute approximate surface area is 120 Å². The summed E-state index contributed by atoms with van der Waals surface area (Å²) in [5.41, 5.74) is 1.85. The van der Waals surface area contributed by atoms with Gasteiger partial charge in [-0.15, -0.1) is 4.83 Å². The molecule has 0 radical (unpaired) electrons. The Bertz CT molecular complexity index is 626. The molecule has 1 aliphatic rings. The number of carbonyl (C=O) groups excluding carboxylic acids is 2. The Morgan fingerprint density at radius 3 is 2.25 bits per heavy atom. The molecule has 108 valence electrons. The van der Waals surface area contributed by atoms with Gasteiger partial charge in [-0.2, -0.15) is 0 Å². The maximum absolute atomic E-state index is 11.8. The molecule has 0 unspecified atom stereocenters. The molecule has 0 aliphatic heterocycles. The Kier molecular flexibility index (Phi) is 4.26. The molecule has 0 spiro atoms. The molecule has 1 saturated carbocycles. The molecule has 0 aromatic heterocycles. The van der Waals surface area contributed by atoms with Crippen LogP contribution in [0.4, 0.5) is 0 Å². The van der Waals surface area contributed by atoms with E-state index < -0.39 is 21.8 Å². The lowest BCUT2D eigenvalue weighted by atomic mass is 10.4. The van der Waals surface area contributed by atoms with Crippen molar-refractivity contribution >= 4 is 33.4 Å². The van der Waals surface area contributed by atoms with Crippen LogP contribution in [0.3, 0.4) is 0 Å². The largest absolute Gasteiger partial charge is 0.345 e. The van der Waals surface area contributed by atoms with E-state index in [1.54, 1.807) is 0 Å². The van der Waals surface area contributed by atoms with E-state index in [1.165, 1.54) is 24.3 Å². The Hall–Kier alpha value is -1.64. The zero-order valence-electron chi connectivity index (χ0n) is 10.2. The first-order valence-electron chi connectivity index (χ1n) is 5.77. The zero-order chi connectivity index (χ0) is 14.8. The van der Waals surface area contributed by atoms with Gasteiger partial charge in [0.05, 0.1) is 4.90 Å². The highest BCUT2D eigenvalue weighted by Gasteiger charge is 2.27. The zero-order valence-corrected chi connectivity index (χ0v) is 11.8. The summed E-state index contributed by atoms with van der Waals surface area (Å²) >= 11 is 5.65. The van der Waals surface area contributed by atoms with Crippen LogP contribution in [0, 0.1) is 0 Å². The van der Waals surface area contributed by atoms with Gasteiger partial charge in [-0.05, 0) is 37.1 Å². The number of amides is 2. The summed E-state index contributed by atoms with van der Waals surface area (Å²) in [4.78, 5) is 24.4. The van der Waals surface area contributed by atoms with Crippen LogP contribution in [0.25, 0.3) is 0 Å². The van der Waals surface area contributed by atoms with Gasteiger partial charge >= 0.3 is 11.8 Å². The molecule has 2 rings (SSSR count). The van der Waals surface area contributed by atoms with E-state index in [0.717, 1.165) is 12.8 Å². The van der Waals surface area contributed by atoms with Gasteiger partial charge in [-0.1, -0.05) is 11.6 Å². The number of hydrogen-bond donors (Lipinski definition) is 3. The molecule has 20 heavy (non-hydrogen) atoms. The molecule has 1 aromatic carbocycles. The van der Waals surface area contributed by atoms with Crippen LogP contribution in [0.5, 0.6) is 0 Å². The van der Waals surface area contributed by atoms with Crippen LogP contribution in [-0.4, -0.2) is 26.3 Å². The van der Waals surface area contributed by atoms with E-state index in [9.17, 15) is 18.0 Å². The van der Waals surface area contributed by atoms with Gasteiger partial charge < -0.3 is 5.32 Å². The van der Waals surface area contributed by atoms with Gasteiger partial charge in [-0.25, -0.2) is 8.42 Å². The molecule has 2 amide bonds. The minimum absolute atomic E-state index is 0.0149. The molecule has 0 saturated heterocycles. The van der Waals surface area contributed by atoms with E-state index in [0.29, 0.717) is 5.02 Å². The maximum Gasteiger partial charge on any atom is 0.324 e. The summed E-state index contributed by atoms with van der Waals surface area (Å²) in [6, 6.07) is 5.37. The molecule has 3 N–H and O–H groups in total. The Morgan fingerprint density at radius 2 is 1.70 bits per heavy atom. The number of carbonyl (C=O) groups is 2. The second kappa shape index (κ2) is 5.78. The van der Waals surface area contributed by atoms with Crippen LogP contribution in [0.2, 0.25) is 5.02 Å². The van der Waals surface area contributed by atoms with Gasteiger partial charge in [0, 0.05) is 11.1 Å². The quantitative estimate of drug-likeness (QED) is 0.534. The molecule has 7 nitrogen and oxygen atoms in total. The van der Waals surface area contributed by atoms with Gasteiger partial charge in [0.1, 0.15) is 0 Å². The minimum Gasteiger partial charge on any atom is -0.345 e. The molecule has 0 bridgehead atoms. The van der Waals surface area contributed by atoms with E-state index in [4.69, 9.17) is 11.6 Å². The summed E-state index contributed by atoms with van der Waals surface area (Å²) in [6.45, 7) is 0. The van der Waals surface area contributed by atoms with Crippen LogP contribution in [-0.2, 0) is 19.6 Å². The van der Waals surface area contributed by atoms with Crippen molar-refractivity contribution in [3.05, 3.63) is 29.3 Å². The molecular weight excluding hydrogens is 306 g/mol. The monoisotopic (exact) mass is 317 g/mol. The normalized spacial score (nSPS) is 14.7. The van der Waals surface area contributed by atoms with Crippen LogP contribution in [0.1, 0.15) is 12.8 Å². The highest BCUT2D eigenvalue weighted by molar-refractivity contribution is 7.89. The van der Waals surface area contributed by atoms with Crippen LogP contribution < -0.4 is 15.6 Å². The number of hydrazine groups is 1. The average Bonchev–Trinajstić information content (AvgIpc) is 3.20. The Morgan fingerprint density at radius 1 is 1.10 bits per heavy atom. The number of halogens is 1. The summed E-state index contributed by atoms with van der Waals surface area (Å²) in [5.74, 6) is -1.93. The Balaban J connectivity index is 1.93. The number of hydrogen-bond acceptors (Lipinski definition) is 4. The summed E-state index contributed by atoms with van der Waals surface area (Å²) < 4.78 is 23.6. The minimum atomic E-state index is -3.94. The van der Waals surface area contributed by atoms with Crippen LogP contribution in [0.15, 0.2) is 29.2 Å². The van der Waals surface area contributed by atoms with Gasteiger partial charge in [0.2, 0.25) is 0 Å². The molecule has 0 heterocycles. The standard InChI is InChI=1S/C11H12ClN3O4S/c12-7-1-5-9(6-2-7)20(18,19)15-14-11(17)10(16)13-8-3-4-8/h1-2,5-6,8,15H,3-4H2,(H,13,16)(H,14,17). The molecule has 1 aliphatic carbocycles. The molecule has 1 aromatic rings. The second-order valence-corrected chi connectivity index (χ2v) is 6.38. The van der Waals surface area contributed by atoms with Crippen molar-refractivity contribution in [2.24, 2.45) is 0 Å². The third kappa shape index (κ3) is 3.92. The fourth-order valence-electron chi connectivity index (χ4n) is 1.32. The van der Waals surface area contributed by atoms with Crippen molar-refractivity contribution in [3.8, 4) is 0 Å². The number of sulfonamides is 1. The molecule has 1 fully saturated rings. The summed E-state index contributed by atoms with van der Waals surface area (Å²) in [6.07, 6.45) is 1.66. The lowest BCUT2D eigenvalue weighted by Gasteiger charge is -2.08. The van der Waals surface area contributed by atoms with Gasteiger partial charge in [0.15, 0.2) is 0 Å². The molecule has 0 atom stereocenters. The predicted octanol–water partition coefficient (Wildman–Crippen LogP) is -0.0719. The smallest absolute Gasteiger partial charge is 0.324 e. The molecule has 9 heteroatoms. The SMILES string of the molecule is O=C(NNS(=O)(=O)c1ccc(Cl)cc1)C(=O)NC1CC1. The van der Waals surface area contributed by atoms with Crippen molar-refractivity contribution < 1.29 is 18.0 Å². The lowest BCUT2D eigenvalue weighted by molar-refractivity contribution is -0.139. The van der Waals surface area contributed by atoms with Crippen LogP contribution >= 0.6 is 11.6 Å². The first kappa shape index (κ1) is 14.8. The fourth-order valence-corrected chi connectivity index (χ4v) is 2.29. The first-order valence-corrected chi connectivity index (χ1v) is 7.63. The van der Waals surface area contributed by atoms with Crippen molar-refractivity contribution in [2.45, 2.75) is 23.8 Å². The number of rotatable bonds is 4. The van der Waals surface area contributed by atoms with Gasteiger partial charge in [0.25, 0.3) is 10.0 Å². The summed E-state index contributed by atoms with van der Waals surface area (Å²) in [5, 5.41) is 2.82. The van der Waals surface area contributed by atoms with Crippen molar-refractivity contribution in [2.75, 3.05) is 0 Å². The van der Waals surface area contributed by atoms with E-state index in [-0.39, 0.29) is 10.9 Å². The highest BCUT2D eigenvalue weighted by atomic mass is 35.5. The van der Waals surface area contributed by atoms with Gasteiger partial charge in [-0.3, -0.25) is 15.0 Å². The second-order valence-electron chi connectivity index (χ2n) is 4.26. The predicted molar refractivity (Wildman–Crippen MR) is 71.1 cm³/mol. The van der Waals surface area contributed by atoms with Crippen molar-refractivity contribution in [3.63, 3.8) is 0 Å². The average molecular weight is 318 g/mol. The molecular formula is C11H12ClN3O4S. The highest BCUT2D eigenvalue weighted by Crippen LogP contribution is 2.18. The van der Waals surface area contributed by atoms with E-state index in [2.05, 4.69) is 5.32 Å². The third-order valence-corrected chi connectivity index (χ3v) is 4.06. The van der Waals surface area contributed by atoms with Crippen molar-refractivity contribution in [1.82, 2.24) is 15.6 Å². The third-order valence-electron chi connectivity index (χ3n) is 2.54. The number of nitrogens with one attached hydrogen (secondary N) is 3. The maximum atomic E-state index is 11.8.